The fraction of sp³-hybridized carbons (Fsp3) is 0.385. The first-order chi connectivity index (χ1) is 8.78. The first kappa shape index (κ1) is 13.1. The summed E-state index contributed by atoms with van der Waals surface area (Å²) in [7, 11) is 2.08. The summed E-state index contributed by atoms with van der Waals surface area (Å²) in [6, 6.07) is 5.98. The Morgan fingerprint density at radius 2 is 2.11 bits per heavy atom. The van der Waals surface area contributed by atoms with Crippen molar-refractivity contribution >= 4 is 11.3 Å². The molecule has 0 aliphatic rings. The first-order valence-corrected chi connectivity index (χ1v) is 6.87. The van der Waals surface area contributed by atoms with Crippen molar-refractivity contribution in [3.8, 4) is 0 Å². The molecule has 0 bridgehead atoms. The molecular weight excluding hydrogens is 244 g/mol. The van der Waals surface area contributed by atoms with Gasteiger partial charge in [0.05, 0.1) is 16.4 Å². The molecule has 0 spiro atoms. The smallest absolute Gasteiger partial charge is 0.0941 e. The van der Waals surface area contributed by atoms with Gasteiger partial charge in [-0.05, 0) is 25.7 Å². The number of rotatable bonds is 6. The molecule has 5 heteroatoms. The van der Waals surface area contributed by atoms with Crippen LogP contribution < -0.4 is 5.73 Å². The highest BCUT2D eigenvalue weighted by molar-refractivity contribution is 7.09. The van der Waals surface area contributed by atoms with Crippen LogP contribution in [0.25, 0.3) is 0 Å². The van der Waals surface area contributed by atoms with Crippen LogP contribution in [0.4, 0.5) is 0 Å². The van der Waals surface area contributed by atoms with Gasteiger partial charge >= 0.3 is 0 Å². The molecule has 0 atom stereocenters. The molecule has 0 aliphatic carbocycles. The Bertz CT molecular complexity index is 469. The molecule has 2 aromatic rings. The molecule has 96 valence electrons. The van der Waals surface area contributed by atoms with Crippen LogP contribution in [0, 0.1) is 0 Å². The molecule has 2 aromatic heterocycles. The van der Waals surface area contributed by atoms with Crippen molar-refractivity contribution in [2.75, 3.05) is 13.6 Å². The molecule has 0 aromatic carbocycles. The fourth-order valence-corrected chi connectivity index (χ4v) is 2.57. The second-order valence-electron chi connectivity index (χ2n) is 4.26. The number of hydrogen-bond acceptors (Lipinski definition) is 5. The normalized spacial score (nSPS) is 11.1. The van der Waals surface area contributed by atoms with E-state index in [2.05, 4.69) is 27.3 Å². The van der Waals surface area contributed by atoms with Crippen molar-refractivity contribution in [2.24, 2.45) is 5.73 Å². The zero-order chi connectivity index (χ0) is 12.8. The van der Waals surface area contributed by atoms with E-state index in [1.165, 1.54) is 0 Å². The summed E-state index contributed by atoms with van der Waals surface area (Å²) in [6.07, 6.45) is 2.69. The molecule has 2 N–H and O–H groups in total. The molecule has 0 saturated heterocycles. The topological polar surface area (TPSA) is 55.0 Å². The van der Waals surface area contributed by atoms with Gasteiger partial charge in [0.1, 0.15) is 0 Å². The van der Waals surface area contributed by atoms with Gasteiger partial charge in [-0.3, -0.25) is 9.88 Å². The zero-order valence-corrected chi connectivity index (χ0v) is 11.4. The van der Waals surface area contributed by atoms with Gasteiger partial charge in [0, 0.05) is 31.1 Å². The Morgan fingerprint density at radius 3 is 2.83 bits per heavy atom. The Labute approximate surface area is 111 Å². The quantitative estimate of drug-likeness (QED) is 0.860. The molecule has 0 saturated carbocycles. The minimum Gasteiger partial charge on any atom is -0.330 e. The second kappa shape index (κ2) is 6.58. The number of pyridine rings is 1. The van der Waals surface area contributed by atoms with Crippen LogP contribution in [0.15, 0.2) is 29.8 Å². The lowest BCUT2D eigenvalue weighted by Gasteiger charge is -2.14. The molecule has 4 nitrogen and oxygen atoms in total. The van der Waals surface area contributed by atoms with Gasteiger partial charge in [0.15, 0.2) is 0 Å². The van der Waals surface area contributed by atoms with E-state index in [0.29, 0.717) is 6.54 Å². The maximum atomic E-state index is 5.52. The van der Waals surface area contributed by atoms with E-state index in [9.17, 15) is 0 Å². The van der Waals surface area contributed by atoms with Crippen LogP contribution in [0.5, 0.6) is 0 Å². The van der Waals surface area contributed by atoms with Gasteiger partial charge in [-0.15, -0.1) is 11.3 Å². The number of hydrogen-bond donors (Lipinski definition) is 1. The van der Waals surface area contributed by atoms with E-state index in [0.717, 1.165) is 35.9 Å². The molecule has 0 unspecified atom stereocenters. The van der Waals surface area contributed by atoms with Crippen LogP contribution >= 0.6 is 11.3 Å². The third-order valence-electron chi connectivity index (χ3n) is 2.55. The minimum atomic E-state index is 0.663. The molecule has 18 heavy (non-hydrogen) atoms. The van der Waals surface area contributed by atoms with Gasteiger partial charge in [-0.25, -0.2) is 4.98 Å². The van der Waals surface area contributed by atoms with Crippen LogP contribution in [-0.4, -0.2) is 28.5 Å². The molecule has 0 fully saturated rings. The van der Waals surface area contributed by atoms with Crippen molar-refractivity contribution in [3.63, 3.8) is 0 Å². The van der Waals surface area contributed by atoms with E-state index in [4.69, 9.17) is 5.73 Å². The predicted octanol–water partition coefficient (Wildman–Crippen LogP) is 1.67. The Balaban J connectivity index is 1.88. The van der Waals surface area contributed by atoms with E-state index in [1.807, 2.05) is 24.4 Å². The van der Waals surface area contributed by atoms with Crippen molar-refractivity contribution in [1.29, 1.82) is 0 Å². The first-order valence-electron chi connectivity index (χ1n) is 5.99. The second-order valence-corrected chi connectivity index (χ2v) is 5.21. The van der Waals surface area contributed by atoms with E-state index in [-0.39, 0.29) is 0 Å². The number of aromatic nitrogens is 2. The molecular formula is C13H18N4S. The van der Waals surface area contributed by atoms with Gasteiger partial charge in [0.2, 0.25) is 0 Å². The SMILES string of the molecule is CN(Cc1ccccn1)Cc1csc(CCN)n1. The number of thiazole rings is 1. The summed E-state index contributed by atoms with van der Waals surface area (Å²) in [4.78, 5) is 11.1. The van der Waals surface area contributed by atoms with Crippen LogP contribution in [0.2, 0.25) is 0 Å². The average Bonchev–Trinajstić information content (AvgIpc) is 2.78. The third-order valence-corrected chi connectivity index (χ3v) is 3.50. The maximum absolute atomic E-state index is 5.52. The molecule has 0 aliphatic heterocycles. The lowest BCUT2D eigenvalue weighted by atomic mass is 10.3. The lowest BCUT2D eigenvalue weighted by Crippen LogP contribution is -2.18. The standard InChI is InChI=1S/C13H18N4S/c1-17(8-11-4-2-3-7-15-11)9-12-10-18-13(16-12)5-6-14/h2-4,7,10H,5-6,8-9,14H2,1H3. The molecule has 0 radical (unpaired) electrons. The van der Waals surface area contributed by atoms with Crippen molar-refractivity contribution in [1.82, 2.24) is 14.9 Å². The summed E-state index contributed by atoms with van der Waals surface area (Å²) in [6.45, 7) is 2.35. The van der Waals surface area contributed by atoms with E-state index >= 15 is 0 Å². The number of nitrogens with zero attached hydrogens (tertiary/aromatic N) is 3. The number of nitrogens with two attached hydrogens (primary N) is 1. The summed E-state index contributed by atoms with van der Waals surface area (Å²) < 4.78 is 0. The van der Waals surface area contributed by atoms with Crippen LogP contribution in [0.3, 0.4) is 0 Å². The van der Waals surface area contributed by atoms with Gasteiger partial charge in [-0.2, -0.15) is 0 Å². The average molecular weight is 262 g/mol. The predicted molar refractivity (Wildman–Crippen MR) is 74.3 cm³/mol. The highest BCUT2D eigenvalue weighted by Crippen LogP contribution is 2.12. The summed E-state index contributed by atoms with van der Waals surface area (Å²) >= 11 is 1.69. The minimum absolute atomic E-state index is 0.663. The Kier molecular flexibility index (Phi) is 4.81. The maximum Gasteiger partial charge on any atom is 0.0941 e. The molecule has 2 rings (SSSR count). The summed E-state index contributed by atoms with van der Waals surface area (Å²) in [5, 5.41) is 3.23. The van der Waals surface area contributed by atoms with Crippen molar-refractivity contribution in [2.45, 2.75) is 19.5 Å². The zero-order valence-electron chi connectivity index (χ0n) is 10.5. The Hall–Kier alpha value is -1.30. The summed E-state index contributed by atoms with van der Waals surface area (Å²) in [5.41, 5.74) is 7.72. The van der Waals surface area contributed by atoms with Crippen molar-refractivity contribution in [3.05, 3.63) is 46.2 Å². The monoisotopic (exact) mass is 262 g/mol. The highest BCUT2D eigenvalue weighted by atomic mass is 32.1. The van der Waals surface area contributed by atoms with Crippen molar-refractivity contribution < 1.29 is 0 Å². The van der Waals surface area contributed by atoms with E-state index < -0.39 is 0 Å². The fourth-order valence-electron chi connectivity index (χ4n) is 1.76. The largest absolute Gasteiger partial charge is 0.330 e. The third kappa shape index (κ3) is 3.87. The van der Waals surface area contributed by atoms with Gasteiger partial charge < -0.3 is 5.73 Å². The van der Waals surface area contributed by atoms with Gasteiger partial charge in [-0.1, -0.05) is 6.07 Å². The summed E-state index contributed by atoms with van der Waals surface area (Å²) in [5.74, 6) is 0. The Morgan fingerprint density at radius 1 is 1.28 bits per heavy atom. The van der Waals surface area contributed by atoms with Gasteiger partial charge in [0.25, 0.3) is 0 Å². The molecule has 0 amide bonds. The lowest BCUT2D eigenvalue weighted by molar-refractivity contribution is 0.311. The van der Waals surface area contributed by atoms with Crippen LogP contribution in [-0.2, 0) is 19.5 Å². The molecule has 2 heterocycles. The van der Waals surface area contributed by atoms with E-state index in [1.54, 1.807) is 11.3 Å². The van der Waals surface area contributed by atoms with Crippen LogP contribution in [0.1, 0.15) is 16.4 Å². The highest BCUT2D eigenvalue weighted by Gasteiger charge is 2.06.